The van der Waals surface area contributed by atoms with Crippen LogP contribution in [0.25, 0.3) is 0 Å². The zero-order chi connectivity index (χ0) is 7.56. The molecule has 0 aromatic rings. The zero-order valence-electron chi connectivity index (χ0n) is 7.13. The lowest BCUT2D eigenvalue weighted by molar-refractivity contribution is 0.0255. The maximum absolute atomic E-state index is 5.28. The average Bonchev–Trinajstić information content (AvgIpc) is 1.95. The predicted molar refractivity (Wildman–Crippen MR) is 42.1 cm³/mol. The molecule has 0 amide bonds. The second-order valence-electron chi connectivity index (χ2n) is 3.21. The fraction of sp³-hybridized carbons (Fsp3) is 1.00. The van der Waals surface area contributed by atoms with Gasteiger partial charge in [0.15, 0.2) is 0 Å². The van der Waals surface area contributed by atoms with E-state index in [-0.39, 0.29) is 0 Å². The number of nitrogens with zero attached hydrogens (tertiary/aromatic N) is 1. The van der Waals surface area contributed by atoms with Crippen molar-refractivity contribution in [3.63, 3.8) is 0 Å². The number of likely N-dealkylation sites (tertiary alicyclic amines) is 1. The Balaban J connectivity index is 2.33. The minimum absolute atomic E-state index is 0.506. The van der Waals surface area contributed by atoms with Crippen LogP contribution in [0.4, 0.5) is 0 Å². The third kappa shape index (κ3) is 1.70. The summed E-state index contributed by atoms with van der Waals surface area (Å²) in [5.41, 5.74) is 0. The van der Waals surface area contributed by atoms with Crippen molar-refractivity contribution in [1.29, 1.82) is 0 Å². The fourth-order valence-corrected chi connectivity index (χ4v) is 1.46. The highest BCUT2D eigenvalue weighted by atomic mass is 16.5. The Morgan fingerprint density at radius 2 is 2.20 bits per heavy atom. The van der Waals surface area contributed by atoms with E-state index in [9.17, 15) is 0 Å². The summed E-state index contributed by atoms with van der Waals surface area (Å²) >= 11 is 0. The van der Waals surface area contributed by atoms with Gasteiger partial charge in [-0.15, -0.1) is 0 Å². The van der Waals surface area contributed by atoms with E-state index in [1.807, 2.05) is 7.11 Å². The quantitative estimate of drug-likeness (QED) is 0.545. The molecule has 0 bridgehead atoms. The van der Waals surface area contributed by atoms with Crippen LogP contribution in [-0.4, -0.2) is 37.7 Å². The Hall–Kier alpha value is -0.0800. The van der Waals surface area contributed by atoms with Gasteiger partial charge in [-0.3, -0.25) is 0 Å². The molecular formula is C8H17NO. The first kappa shape index (κ1) is 8.02. The van der Waals surface area contributed by atoms with E-state index in [0.717, 1.165) is 0 Å². The van der Waals surface area contributed by atoms with Gasteiger partial charge in [-0.1, -0.05) is 0 Å². The molecule has 1 aliphatic rings. The molecule has 1 fully saturated rings. The van der Waals surface area contributed by atoms with E-state index in [1.54, 1.807) is 0 Å². The lowest BCUT2D eigenvalue weighted by Gasteiger charge is -2.34. The van der Waals surface area contributed by atoms with E-state index in [4.69, 9.17) is 4.74 Å². The Bertz CT molecular complexity index is 105. The summed E-state index contributed by atoms with van der Waals surface area (Å²) in [6, 6.07) is 0.693. The molecule has 60 valence electrons. The summed E-state index contributed by atoms with van der Waals surface area (Å²) in [6.45, 7) is 3.44. The molecule has 1 saturated heterocycles. The van der Waals surface area contributed by atoms with Gasteiger partial charge in [0.25, 0.3) is 0 Å². The Morgan fingerprint density at radius 3 is 2.70 bits per heavy atom. The van der Waals surface area contributed by atoms with Gasteiger partial charge in [-0.25, -0.2) is 0 Å². The molecule has 2 atom stereocenters. The first-order chi connectivity index (χ1) is 4.74. The van der Waals surface area contributed by atoms with Gasteiger partial charge in [-0.2, -0.15) is 0 Å². The van der Waals surface area contributed by atoms with E-state index in [1.165, 1.54) is 19.4 Å². The number of piperidine rings is 1. The fourth-order valence-electron chi connectivity index (χ4n) is 1.46. The van der Waals surface area contributed by atoms with Gasteiger partial charge in [0.05, 0.1) is 6.10 Å². The number of ether oxygens (including phenoxy) is 1. The number of rotatable bonds is 1. The van der Waals surface area contributed by atoms with E-state index in [2.05, 4.69) is 18.9 Å². The van der Waals surface area contributed by atoms with Crippen molar-refractivity contribution >= 4 is 0 Å². The van der Waals surface area contributed by atoms with Crippen molar-refractivity contribution in [3.8, 4) is 0 Å². The largest absolute Gasteiger partial charge is 0.381 e. The van der Waals surface area contributed by atoms with Gasteiger partial charge < -0.3 is 9.64 Å². The van der Waals surface area contributed by atoms with Crippen molar-refractivity contribution in [3.05, 3.63) is 0 Å². The topological polar surface area (TPSA) is 12.5 Å². The minimum atomic E-state index is 0.506. The van der Waals surface area contributed by atoms with Crippen LogP contribution in [0.2, 0.25) is 0 Å². The van der Waals surface area contributed by atoms with Crippen molar-refractivity contribution < 1.29 is 4.74 Å². The van der Waals surface area contributed by atoms with Gasteiger partial charge in [0.2, 0.25) is 0 Å². The van der Waals surface area contributed by atoms with Crippen molar-refractivity contribution in [1.82, 2.24) is 4.90 Å². The van der Waals surface area contributed by atoms with Crippen molar-refractivity contribution in [2.75, 3.05) is 20.7 Å². The molecule has 2 unspecified atom stereocenters. The van der Waals surface area contributed by atoms with Crippen LogP contribution in [-0.2, 0) is 4.74 Å². The minimum Gasteiger partial charge on any atom is -0.381 e. The lowest BCUT2D eigenvalue weighted by Crippen LogP contribution is -2.40. The highest BCUT2D eigenvalue weighted by molar-refractivity contribution is 4.76. The SMILES string of the molecule is COC1CCN(C)C(C)C1. The molecule has 0 spiro atoms. The summed E-state index contributed by atoms with van der Waals surface area (Å²) in [4.78, 5) is 2.38. The number of hydrogen-bond donors (Lipinski definition) is 0. The smallest absolute Gasteiger partial charge is 0.0598 e. The van der Waals surface area contributed by atoms with Crippen LogP contribution in [0.15, 0.2) is 0 Å². The van der Waals surface area contributed by atoms with Crippen molar-refractivity contribution in [2.24, 2.45) is 0 Å². The van der Waals surface area contributed by atoms with Crippen LogP contribution in [0, 0.1) is 0 Å². The lowest BCUT2D eigenvalue weighted by atomic mass is 10.0. The third-order valence-corrected chi connectivity index (χ3v) is 2.49. The Labute approximate surface area is 63.2 Å². The summed E-state index contributed by atoms with van der Waals surface area (Å²) < 4.78 is 5.28. The average molecular weight is 143 g/mol. The third-order valence-electron chi connectivity index (χ3n) is 2.49. The van der Waals surface area contributed by atoms with Gasteiger partial charge in [0, 0.05) is 19.7 Å². The molecule has 2 nitrogen and oxygen atoms in total. The standard InChI is InChI=1S/C8H17NO/c1-7-6-8(10-3)4-5-9(7)2/h7-8H,4-6H2,1-3H3. The normalized spacial score (nSPS) is 36.3. The van der Waals surface area contributed by atoms with Crippen LogP contribution in [0.1, 0.15) is 19.8 Å². The highest BCUT2D eigenvalue weighted by Gasteiger charge is 2.21. The van der Waals surface area contributed by atoms with E-state index in [0.29, 0.717) is 12.1 Å². The summed E-state index contributed by atoms with van der Waals surface area (Å²) in [5.74, 6) is 0. The molecule has 2 heteroatoms. The first-order valence-electron chi connectivity index (χ1n) is 3.97. The second-order valence-corrected chi connectivity index (χ2v) is 3.21. The molecule has 1 rings (SSSR count). The second kappa shape index (κ2) is 3.35. The number of methoxy groups -OCH3 is 1. The first-order valence-corrected chi connectivity index (χ1v) is 3.97. The molecule has 1 heterocycles. The maximum atomic E-state index is 5.28. The van der Waals surface area contributed by atoms with Crippen LogP contribution >= 0.6 is 0 Å². The number of hydrogen-bond acceptors (Lipinski definition) is 2. The molecule has 0 N–H and O–H groups in total. The van der Waals surface area contributed by atoms with Crippen LogP contribution in [0.3, 0.4) is 0 Å². The highest BCUT2D eigenvalue weighted by Crippen LogP contribution is 2.16. The molecule has 0 aromatic heterocycles. The monoisotopic (exact) mass is 143 g/mol. The molecule has 0 aromatic carbocycles. The van der Waals surface area contributed by atoms with Crippen LogP contribution < -0.4 is 0 Å². The van der Waals surface area contributed by atoms with Gasteiger partial charge in [-0.05, 0) is 26.8 Å². The van der Waals surface area contributed by atoms with E-state index >= 15 is 0 Å². The Kier molecular flexibility index (Phi) is 2.69. The summed E-state index contributed by atoms with van der Waals surface area (Å²) in [6.07, 6.45) is 2.89. The van der Waals surface area contributed by atoms with Crippen molar-refractivity contribution in [2.45, 2.75) is 31.9 Å². The molecule has 0 aliphatic carbocycles. The van der Waals surface area contributed by atoms with E-state index < -0.39 is 0 Å². The molecule has 10 heavy (non-hydrogen) atoms. The molecule has 0 radical (unpaired) electrons. The van der Waals surface area contributed by atoms with Gasteiger partial charge in [0.1, 0.15) is 0 Å². The zero-order valence-corrected chi connectivity index (χ0v) is 7.13. The maximum Gasteiger partial charge on any atom is 0.0598 e. The van der Waals surface area contributed by atoms with Crippen LogP contribution in [0.5, 0.6) is 0 Å². The molecule has 0 saturated carbocycles. The molecule has 1 aliphatic heterocycles. The summed E-state index contributed by atoms with van der Waals surface area (Å²) in [7, 11) is 3.99. The molecular weight excluding hydrogens is 126 g/mol. The van der Waals surface area contributed by atoms with Gasteiger partial charge >= 0.3 is 0 Å². The summed E-state index contributed by atoms with van der Waals surface area (Å²) in [5, 5.41) is 0. The predicted octanol–water partition coefficient (Wildman–Crippen LogP) is 1.12. The Morgan fingerprint density at radius 1 is 1.50 bits per heavy atom.